The largest absolute Gasteiger partial charge is 0.352 e. The molecule has 1 aliphatic heterocycles. The molecular weight excluding hydrogens is 366 g/mol. The molecule has 1 aliphatic carbocycles. The van der Waals surface area contributed by atoms with Crippen LogP contribution in [0.5, 0.6) is 0 Å². The molecule has 3 rings (SSSR count). The number of likely N-dealkylation sites (tertiary alicyclic amines) is 1. The van der Waals surface area contributed by atoms with Gasteiger partial charge in [-0.3, -0.25) is 14.3 Å². The van der Waals surface area contributed by atoms with E-state index in [1.54, 1.807) is 17.1 Å². The van der Waals surface area contributed by atoms with Crippen LogP contribution in [0, 0.1) is 5.92 Å². The van der Waals surface area contributed by atoms with Gasteiger partial charge in [0.1, 0.15) is 6.54 Å². The second kappa shape index (κ2) is 10.1. The number of hydrogen-bond acceptors (Lipinski definition) is 4. The van der Waals surface area contributed by atoms with Gasteiger partial charge in [-0.15, -0.1) is 12.4 Å². The Bertz CT molecular complexity index is 619. The van der Waals surface area contributed by atoms with E-state index in [1.807, 2.05) is 11.8 Å². The van der Waals surface area contributed by atoms with Crippen molar-refractivity contribution < 1.29 is 9.59 Å². The summed E-state index contributed by atoms with van der Waals surface area (Å²) >= 11 is 0. The zero-order chi connectivity index (χ0) is 18.5. The van der Waals surface area contributed by atoms with Gasteiger partial charge in [-0.25, -0.2) is 0 Å². The lowest BCUT2D eigenvalue weighted by Gasteiger charge is -2.33. The van der Waals surface area contributed by atoms with E-state index in [2.05, 4.69) is 10.4 Å². The molecule has 0 aromatic carbocycles. The number of piperidine rings is 1. The van der Waals surface area contributed by atoms with Crippen LogP contribution in [0.3, 0.4) is 0 Å². The van der Waals surface area contributed by atoms with Crippen LogP contribution in [0.1, 0.15) is 62.2 Å². The van der Waals surface area contributed by atoms with Crippen molar-refractivity contribution in [3.05, 3.63) is 18.0 Å². The summed E-state index contributed by atoms with van der Waals surface area (Å²) in [5.74, 6) is 0.453. The summed E-state index contributed by atoms with van der Waals surface area (Å²) in [7, 11) is 0. The van der Waals surface area contributed by atoms with Gasteiger partial charge in [-0.1, -0.05) is 19.3 Å². The van der Waals surface area contributed by atoms with E-state index >= 15 is 0 Å². The van der Waals surface area contributed by atoms with E-state index in [-0.39, 0.29) is 36.8 Å². The van der Waals surface area contributed by atoms with Crippen LogP contribution in [0.15, 0.2) is 12.4 Å². The molecule has 152 valence electrons. The smallest absolute Gasteiger partial charge is 0.257 e. The number of rotatable bonds is 5. The Hall–Kier alpha value is -1.60. The minimum atomic E-state index is -0.0308. The second-order valence-electron chi connectivity index (χ2n) is 7.82. The van der Waals surface area contributed by atoms with E-state index in [9.17, 15) is 9.59 Å². The second-order valence-corrected chi connectivity index (χ2v) is 7.82. The quantitative estimate of drug-likeness (QED) is 0.794. The summed E-state index contributed by atoms with van der Waals surface area (Å²) in [6.07, 6.45) is 10.9. The first-order valence-corrected chi connectivity index (χ1v) is 9.89. The molecule has 2 fully saturated rings. The minimum absolute atomic E-state index is 0. The van der Waals surface area contributed by atoms with Crippen molar-refractivity contribution >= 4 is 24.2 Å². The van der Waals surface area contributed by atoms with E-state index in [1.165, 1.54) is 19.3 Å². The predicted octanol–water partition coefficient (Wildman–Crippen LogP) is 1.95. The fourth-order valence-electron chi connectivity index (χ4n) is 4.04. The van der Waals surface area contributed by atoms with Crippen molar-refractivity contribution in [3.63, 3.8) is 0 Å². The number of hydrogen-bond donors (Lipinski definition) is 2. The first kappa shape index (κ1) is 21.7. The topological polar surface area (TPSA) is 93.2 Å². The summed E-state index contributed by atoms with van der Waals surface area (Å²) in [6, 6.07) is 0.469. The van der Waals surface area contributed by atoms with Gasteiger partial charge in [0.25, 0.3) is 5.91 Å². The Morgan fingerprint density at radius 1 is 1.22 bits per heavy atom. The molecule has 2 aliphatic rings. The van der Waals surface area contributed by atoms with Gasteiger partial charge in [0.15, 0.2) is 0 Å². The zero-order valence-electron chi connectivity index (χ0n) is 16.1. The lowest BCUT2D eigenvalue weighted by molar-refractivity contribution is -0.122. The maximum atomic E-state index is 12.6. The third kappa shape index (κ3) is 5.94. The van der Waals surface area contributed by atoms with E-state index in [0.717, 1.165) is 38.8 Å². The lowest BCUT2D eigenvalue weighted by Crippen LogP contribution is -2.42. The van der Waals surface area contributed by atoms with Gasteiger partial charge in [-0.05, 0) is 38.5 Å². The van der Waals surface area contributed by atoms with Crippen molar-refractivity contribution in [3.8, 4) is 0 Å². The Morgan fingerprint density at radius 3 is 2.52 bits per heavy atom. The number of carbonyl (C=O) groups excluding carboxylic acids is 2. The molecule has 1 saturated heterocycles. The van der Waals surface area contributed by atoms with Crippen LogP contribution in [-0.4, -0.2) is 51.7 Å². The third-order valence-electron chi connectivity index (χ3n) is 5.73. The lowest BCUT2D eigenvalue weighted by atomic mass is 9.91. The SMILES string of the molecule is CC(N)C1CCN(C(=O)c2cnn(CC(=O)NC3CCCCC3)c2)CC1.Cl. The minimum Gasteiger partial charge on any atom is -0.352 e. The van der Waals surface area contributed by atoms with Gasteiger partial charge >= 0.3 is 0 Å². The molecule has 0 spiro atoms. The first-order chi connectivity index (χ1) is 12.5. The average Bonchev–Trinajstić information content (AvgIpc) is 3.10. The van der Waals surface area contributed by atoms with Gasteiger partial charge in [-0.2, -0.15) is 5.10 Å². The van der Waals surface area contributed by atoms with E-state index in [4.69, 9.17) is 5.73 Å². The van der Waals surface area contributed by atoms with Gasteiger partial charge < -0.3 is 16.0 Å². The molecule has 0 radical (unpaired) electrons. The van der Waals surface area contributed by atoms with Crippen molar-refractivity contribution in [2.24, 2.45) is 11.7 Å². The Kier molecular flexibility index (Phi) is 8.10. The Balaban J connectivity index is 0.00000261. The number of amides is 2. The summed E-state index contributed by atoms with van der Waals surface area (Å²) in [6.45, 7) is 3.66. The number of nitrogens with zero attached hydrogens (tertiary/aromatic N) is 3. The highest BCUT2D eigenvalue weighted by atomic mass is 35.5. The molecule has 27 heavy (non-hydrogen) atoms. The molecule has 1 saturated carbocycles. The molecule has 7 nitrogen and oxygen atoms in total. The number of nitrogens with two attached hydrogens (primary N) is 1. The van der Waals surface area contributed by atoms with Crippen LogP contribution in [-0.2, 0) is 11.3 Å². The number of carbonyl (C=O) groups is 2. The van der Waals surface area contributed by atoms with Gasteiger partial charge in [0.2, 0.25) is 5.91 Å². The van der Waals surface area contributed by atoms with Crippen molar-refractivity contribution in [2.75, 3.05) is 13.1 Å². The fraction of sp³-hybridized carbons (Fsp3) is 0.737. The highest BCUT2D eigenvalue weighted by Crippen LogP contribution is 2.21. The molecule has 1 atom stereocenters. The maximum Gasteiger partial charge on any atom is 0.257 e. The summed E-state index contributed by atoms with van der Waals surface area (Å²) in [5.41, 5.74) is 6.51. The summed E-state index contributed by atoms with van der Waals surface area (Å²) < 4.78 is 1.56. The van der Waals surface area contributed by atoms with E-state index in [0.29, 0.717) is 17.5 Å². The van der Waals surface area contributed by atoms with Crippen molar-refractivity contribution in [1.29, 1.82) is 0 Å². The normalized spacial score (nSPS) is 20.0. The third-order valence-corrected chi connectivity index (χ3v) is 5.73. The van der Waals surface area contributed by atoms with E-state index < -0.39 is 0 Å². The average molecular weight is 398 g/mol. The molecular formula is C19H32ClN5O2. The number of halogens is 1. The monoisotopic (exact) mass is 397 g/mol. The molecule has 1 unspecified atom stereocenters. The molecule has 2 amide bonds. The molecule has 2 heterocycles. The number of aromatic nitrogens is 2. The summed E-state index contributed by atoms with van der Waals surface area (Å²) in [4.78, 5) is 26.7. The standard InChI is InChI=1S/C19H31N5O2.ClH/c1-14(20)15-7-9-23(10-8-15)19(26)16-11-21-24(12-16)13-18(25)22-17-5-3-2-4-6-17;/h11-12,14-15,17H,2-10,13,20H2,1H3,(H,22,25);1H. The molecule has 1 aromatic rings. The molecule has 8 heteroatoms. The van der Waals surface area contributed by atoms with Gasteiger partial charge in [0.05, 0.1) is 11.8 Å². The summed E-state index contributed by atoms with van der Waals surface area (Å²) in [5, 5.41) is 7.27. The van der Waals surface area contributed by atoms with Crippen molar-refractivity contribution in [1.82, 2.24) is 20.0 Å². The molecule has 0 bridgehead atoms. The predicted molar refractivity (Wildman–Crippen MR) is 107 cm³/mol. The molecule has 3 N–H and O–H groups in total. The van der Waals surface area contributed by atoms with Gasteiger partial charge in [0, 0.05) is 31.4 Å². The fourth-order valence-corrected chi connectivity index (χ4v) is 4.04. The highest BCUT2D eigenvalue weighted by molar-refractivity contribution is 5.93. The van der Waals surface area contributed by atoms with Crippen molar-refractivity contribution in [2.45, 2.75) is 70.5 Å². The Labute approximate surface area is 167 Å². The van der Waals surface area contributed by atoms with Crippen LogP contribution < -0.4 is 11.1 Å². The Morgan fingerprint density at radius 2 is 1.89 bits per heavy atom. The van der Waals surface area contributed by atoms with Crippen LogP contribution in [0.4, 0.5) is 0 Å². The zero-order valence-corrected chi connectivity index (χ0v) is 16.9. The highest BCUT2D eigenvalue weighted by Gasteiger charge is 2.26. The molecule has 1 aromatic heterocycles. The van der Waals surface area contributed by atoms with Crippen LogP contribution >= 0.6 is 12.4 Å². The first-order valence-electron chi connectivity index (χ1n) is 9.89. The maximum absolute atomic E-state index is 12.6. The number of nitrogens with one attached hydrogen (secondary N) is 1. The van der Waals surface area contributed by atoms with Crippen LogP contribution in [0.25, 0.3) is 0 Å². The van der Waals surface area contributed by atoms with Crippen LogP contribution in [0.2, 0.25) is 0 Å².